The molecule has 0 rings (SSSR count). The molecule has 72 valence electrons. The van der Waals surface area contributed by atoms with Crippen LogP contribution in [-0.4, -0.2) is 25.2 Å². The van der Waals surface area contributed by atoms with Gasteiger partial charge in [-0.15, -0.1) is 17.7 Å². The highest BCUT2D eigenvalue weighted by atomic mass is 35.6. The second kappa shape index (κ2) is 5.05. The summed E-state index contributed by atoms with van der Waals surface area (Å²) in [6.07, 6.45) is 0. The summed E-state index contributed by atoms with van der Waals surface area (Å²) < 4.78 is 2.35. The topological polar surface area (TPSA) is 3.24 Å². The quantitative estimate of drug-likeness (QED) is 0.493. The van der Waals surface area contributed by atoms with Crippen molar-refractivity contribution in [3.63, 3.8) is 0 Å². The fourth-order valence-electron chi connectivity index (χ4n) is 1.44. The molecule has 0 heterocycles. The maximum Gasteiger partial charge on any atom is 0.255 e. The van der Waals surface area contributed by atoms with Crippen molar-refractivity contribution >= 4 is 18.6 Å². The molecule has 1 nitrogen and oxygen atoms in total. The summed E-state index contributed by atoms with van der Waals surface area (Å²) in [7, 11) is -1.86. The van der Waals surface area contributed by atoms with Gasteiger partial charge in [-0.3, -0.25) is 0 Å². The maximum absolute atomic E-state index is 6.57. The zero-order chi connectivity index (χ0) is 9.78. The van der Waals surface area contributed by atoms with Crippen LogP contribution in [0.4, 0.5) is 0 Å². The summed E-state index contributed by atoms with van der Waals surface area (Å²) in [6.45, 7) is 14.6. The molecule has 0 fully saturated rings. The molecule has 12 heavy (non-hydrogen) atoms. The molecule has 0 aromatic rings. The second-order valence-corrected chi connectivity index (χ2v) is 8.73. The largest absolute Gasteiger partial charge is 0.309 e. The molecule has 0 bridgehead atoms. The van der Waals surface area contributed by atoms with Crippen molar-refractivity contribution in [2.24, 2.45) is 0 Å². The normalized spacial score (nSPS) is 16.6. The fraction of sp³-hybridized carbons (Fsp3) is 0.778. The molecule has 0 spiro atoms. The molecular formula is C9H20ClNSi. The first-order chi connectivity index (χ1) is 5.52. The molecule has 0 aliphatic rings. The first-order valence-corrected chi connectivity index (χ1v) is 7.71. The van der Waals surface area contributed by atoms with Crippen LogP contribution in [0.25, 0.3) is 0 Å². The van der Waals surface area contributed by atoms with Crippen LogP contribution in [0.15, 0.2) is 12.3 Å². The third kappa shape index (κ3) is 2.35. The van der Waals surface area contributed by atoms with Crippen molar-refractivity contribution in [3.8, 4) is 0 Å². The minimum Gasteiger partial charge on any atom is -0.309 e. The highest BCUT2D eigenvalue weighted by Gasteiger charge is 2.36. The van der Waals surface area contributed by atoms with Crippen LogP contribution in [0.2, 0.25) is 5.54 Å². The molecule has 0 aromatic carbocycles. The van der Waals surface area contributed by atoms with Gasteiger partial charge < -0.3 is 4.57 Å². The predicted molar refractivity (Wildman–Crippen MR) is 59.8 cm³/mol. The molecule has 0 saturated heterocycles. The van der Waals surface area contributed by atoms with Crippen molar-refractivity contribution in [3.05, 3.63) is 12.3 Å². The van der Waals surface area contributed by atoms with Crippen molar-refractivity contribution in [1.82, 2.24) is 4.57 Å². The number of nitrogens with zero attached hydrogens (tertiary/aromatic N) is 1. The zero-order valence-corrected chi connectivity index (χ0v) is 10.4. The van der Waals surface area contributed by atoms with Crippen LogP contribution in [0.5, 0.6) is 0 Å². The predicted octanol–water partition coefficient (Wildman–Crippen LogP) is 3.14. The van der Waals surface area contributed by atoms with Crippen molar-refractivity contribution < 1.29 is 0 Å². The van der Waals surface area contributed by atoms with Crippen LogP contribution in [0.3, 0.4) is 0 Å². The Hall–Kier alpha value is 0.207. The summed E-state index contributed by atoms with van der Waals surface area (Å²) in [5.41, 5.74) is 2.50. The van der Waals surface area contributed by atoms with Gasteiger partial charge in [-0.1, -0.05) is 33.4 Å². The smallest absolute Gasteiger partial charge is 0.255 e. The molecule has 0 aromatic heterocycles. The lowest BCUT2D eigenvalue weighted by Crippen LogP contribution is -2.49. The molecule has 1 atom stereocenters. The Bertz CT molecular complexity index is 145. The van der Waals surface area contributed by atoms with E-state index in [0.717, 1.165) is 13.1 Å². The van der Waals surface area contributed by atoms with Crippen molar-refractivity contribution in [1.29, 1.82) is 0 Å². The Labute approximate surface area is 82.2 Å². The highest BCUT2D eigenvalue weighted by Crippen LogP contribution is 2.29. The monoisotopic (exact) mass is 205 g/mol. The number of hydrogen-bond acceptors (Lipinski definition) is 1. The number of hydrogen-bond donors (Lipinski definition) is 0. The van der Waals surface area contributed by atoms with Gasteiger partial charge in [-0.25, -0.2) is 0 Å². The average molecular weight is 206 g/mol. The minimum absolute atomic E-state index is 0.525. The van der Waals surface area contributed by atoms with E-state index in [-0.39, 0.29) is 0 Å². The van der Waals surface area contributed by atoms with Crippen molar-refractivity contribution in [2.75, 3.05) is 13.1 Å². The highest BCUT2D eigenvalue weighted by molar-refractivity contribution is 7.22. The van der Waals surface area contributed by atoms with Crippen molar-refractivity contribution in [2.45, 2.75) is 33.2 Å². The summed E-state index contributed by atoms with van der Waals surface area (Å²) in [6, 6.07) is 0. The van der Waals surface area contributed by atoms with Crippen LogP contribution in [-0.2, 0) is 0 Å². The van der Waals surface area contributed by atoms with E-state index < -0.39 is 7.55 Å². The number of halogens is 1. The Morgan fingerprint density at radius 1 is 1.42 bits per heavy atom. The first-order valence-electron chi connectivity index (χ1n) is 4.60. The third-order valence-electron chi connectivity index (χ3n) is 2.34. The summed E-state index contributed by atoms with van der Waals surface area (Å²) in [5, 5.41) is 0. The molecule has 0 aliphatic heterocycles. The van der Waals surface area contributed by atoms with Crippen LogP contribution in [0.1, 0.15) is 27.7 Å². The SMILES string of the molecule is C=C[Si](Cl)(C(C)C)N(CC)CC. The standard InChI is InChI=1S/C9H20ClNSi/c1-6-11(7-2)12(10,8-3)9(4)5/h8-9H,3,6-7H2,1-2,4-5H3. The van der Waals surface area contributed by atoms with Gasteiger partial charge in [0.2, 0.25) is 0 Å². The van der Waals surface area contributed by atoms with E-state index >= 15 is 0 Å². The molecule has 0 radical (unpaired) electrons. The van der Waals surface area contributed by atoms with Gasteiger partial charge in [-0.05, 0) is 18.6 Å². The van der Waals surface area contributed by atoms with Gasteiger partial charge in [0.25, 0.3) is 7.55 Å². The second-order valence-electron chi connectivity index (χ2n) is 3.26. The van der Waals surface area contributed by atoms with E-state index in [4.69, 9.17) is 11.1 Å². The lowest BCUT2D eigenvalue weighted by molar-refractivity contribution is 0.470. The van der Waals surface area contributed by atoms with E-state index in [0.29, 0.717) is 5.54 Å². The van der Waals surface area contributed by atoms with Crippen LogP contribution >= 0.6 is 11.1 Å². The first kappa shape index (κ1) is 12.2. The van der Waals surface area contributed by atoms with Gasteiger partial charge in [-0.2, -0.15) is 0 Å². The van der Waals surface area contributed by atoms with E-state index in [1.165, 1.54) is 0 Å². The van der Waals surface area contributed by atoms with E-state index in [2.05, 4.69) is 38.8 Å². The van der Waals surface area contributed by atoms with Gasteiger partial charge in [0.05, 0.1) is 0 Å². The molecule has 0 amide bonds. The zero-order valence-electron chi connectivity index (χ0n) is 8.60. The molecule has 0 aliphatic carbocycles. The summed E-state index contributed by atoms with van der Waals surface area (Å²) in [4.78, 5) is 0. The van der Waals surface area contributed by atoms with Crippen LogP contribution in [0, 0.1) is 0 Å². The van der Waals surface area contributed by atoms with E-state index in [9.17, 15) is 0 Å². The Morgan fingerprint density at radius 2 is 1.83 bits per heavy atom. The maximum atomic E-state index is 6.57. The van der Waals surface area contributed by atoms with Gasteiger partial charge in [0.1, 0.15) is 0 Å². The molecule has 0 N–H and O–H groups in total. The van der Waals surface area contributed by atoms with E-state index in [1.807, 2.05) is 5.70 Å². The number of rotatable bonds is 5. The van der Waals surface area contributed by atoms with E-state index in [1.54, 1.807) is 0 Å². The lowest BCUT2D eigenvalue weighted by atomic mass is 10.6. The summed E-state index contributed by atoms with van der Waals surface area (Å²) in [5.74, 6) is 0. The molecular weight excluding hydrogens is 186 g/mol. The van der Waals surface area contributed by atoms with Gasteiger partial charge in [0, 0.05) is 0 Å². The Kier molecular flexibility index (Phi) is 5.14. The fourth-order valence-corrected chi connectivity index (χ4v) is 4.58. The molecule has 0 saturated carbocycles. The lowest BCUT2D eigenvalue weighted by Gasteiger charge is -2.36. The Morgan fingerprint density at radius 3 is 1.92 bits per heavy atom. The third-order valence-corrected chi connectivity index (χ3v) is 8.63. The molecule has 3 heteroatoms. The van der Waals surface area contributed by atoms with Gasteiger partial charge >= 0.3 is 0 Å². The Balaban J connectivity index is 4.58. The van der Waals surface area contributed by atoms with Gasteiger partial charge in [0.15, 0.2) is 0 Å². The average Bonchev–Trinajstić information content (AvgIpc) is 2.05. The summed E-state index contributed by atoms with van der Waals surface area (Å²) >= 11 is 6.57. The minimum atomic E-state index is -1.86. The van der Waals surface area contributed by atoms with Crippen LogP contribution < -0.4 is 0 Å². The molecule has 1 unspecified atom stereocenters.